The Morgan fingerprint density at radius 2 is 1.62 bits per heavy atom. The maximum Gasteiger partial charge on any atom is 0.242 e. The first-order chi connectivity index (χ1) is 11.6. The van der Waals surface area contributed by atoms with Gasteiger partial charge in [0.05, 0.1) is 5.54 Å². The molecular formula is C19H30N4O. The molecule has 0 unspecified atom stereocenters. The summed E-state index contributed by atoms with van der Waals surface area (Å²) < 4.78 is 0. The van der Waals surface area contributed by atoms with Crippen LogP contribution in [0.3, 0.4) is 0 Å². The van der Waals surface area contributed by atoms with Gasteiger partial charge in [-0.25, -0.2) is 0 Å². The van der Waals surface area contributed by atoms with Gasteiger partial charge in [-0.3, -0.25) is 14.6 Å². The van der Waals surface area contributed by atoms with E-state index in [-0.39, 0.29) is 5.91 Å². The monoisotopic (exact) mass is 330 g/mol. The van der Waals surface area contributed by atoms with E-state index in [2.05, 4.69) is 64.2 Å². The molecule has 132 valence electrons. The number of carbonyl (C=O) groups is 1. The molecule has 0 spiro atoms. The number of nitrogens with zero attached hydrogens (tertiary/aromatic N) is 3. The summed E-state index contributed by atoms with van der Waals surface area (Å²) in [5.41, 5.74) is 0.947. The SMILES string of the molecule is CC(C)(C(=O)N1CCN(Cc2ccccc2)CC1)N1CCNCC1. The molecule has 24 heavy (non-hydrogen) atoms. The third-order valence-electron chi connectivity index (χ3n) is 5.34. The first-order valence-corrected chi connectivity index (χ1v) is 9.09. The summed E-state index contributed by atoms with van der Waals surface area (Å²) >= 11 is 0. The lowest BCUT2D eigenvalue weighted by Gasteiger charge is -2.44. The fourth-order valence-corrected chi connectivity index (χ4v) is 3.70. The molecule has 1 aromatic carbocycles. The van der Waals surface area contributed by atoms with Gasteiger partial charge in [0.1, 0.15) is 0 Å². The van der Waals surface area contributed by atoms with Gasteiger partial charge < -0.3 is 10.2 Å². The van der Waals surface area contributed by atoms with Crippen molar-refractivity contribution in [3.05, 3.63) is 35.9 Å². The fourth-order valence-electron chi connectivity index (χ4n) is 3.70. The van der Waals surface area contributed by atoms with Crippen molar-refractivity contribution in [2.24, 2.45) is 0 Å². The standard InChI is InChI=1S/C19H30N4O/c1-19(2,23-10-8-20-9-11-23)18(24)22-14-12-21(13-15-22)16-17-6-4-3-5-7-17/h3-7,20H,8-16H2,1-2H3. The van der Waals surface area contributed by atoms with E-state index in [9.17, 15) is 4.79 Å². The van der Waals surface area contributed by atoms with Crippen molar-refractivity contribution in [3.63, 3.8) is 0 Å². The highest BCUT2D eigenvalue weighted by atomic mass is 16.2. The van der Waals surface area contributed by atoms with Gasteiger partial charge in [-0.2, -0.15) is 0 Å². The summed E-state index contributed by atoms with van der Waals surface area (Å²) in [7, 11) is 0. The van der Waals surface area contributed by atoms with Crippen LogP contribution >= 0.6 is 0 Å². The summed E-state index contributed by atoms with van der Waals surface area (Å²) in [5.74, 6) is 0.281. The second-order valence-electron chi connectivity index (χ2n) is 7.35. The zero-order valence-corrected chi connectivity index (χ0v) is 15.0. The van der Waals surface area contributed by atoms with Crippen molar-refractivity contribution in [3.8, 4) is 0 Å². The number of rotatable bonds is 4. The molecule has 1 amide bonds. The lowest BCUT2D eigenvalue weighted by atomic mass is 9.99. The smallest absolute Gasteiger partial charge is 0.242 e. The molecule has 3 rings (SSSR count). The molecule has 2 heterocycles. The average Bonchev–Trinajstić information content (AvgIpc) is 2.63. The minimum Gasteiger partial charge on any atom is -0.339 e. The first kappa shape index (κ1) is 17.4. The lowest BCUT2D eigenvalue weighted by molar-refractivity contribution is -0.145. The number of nitrogens with one attached hydrogen (secondary N) is 1. The van der Waals surface area contributed by atoms with E-state index in [1.165, 1.54) is 5.56 Å². The molecule has 2 saturated heterocycles. The van der Waals surface area contributed by atoms with Crippen molar-refractivity contribution in [1.29, 1.82) is 0 Å². The van der Waals surface area contributed by atoms with Crippen LogP contribution in [0.2, 0.25) is 0 Å². The van der Waals surface area contributed by atoms with Gasteiger partial charge in [-0.05, 0) is 19.4 Å². The maximum absolute atomic E-state index is 13.0. The van der Waals surface area contributed by atoms with Gasteiger partial charge in [-0.1, -0.05) is 30.3 Å². The quantitative estimate of drug-likeness (QED) is 0.894. The molecule has 2 aliphatic heterocycles. The number of piperazine rings is 2. The Balaban J connectivity index is 1.53. The molecule has 1 aromatic rings. The Hall–Kier alpha value is -1.43. The Morgan fingerprint density at radius 3 is 2.25 bits per heavy atom. The van der Waals surface area contributed by atoms with E-state index >= 15 is 0 Å². The molecule has 0 radical (unpaired) electrons. The number of amides is 1. The third kappa shape index (κ3) is 3.97. The molecule has 0 atom stereocenters. The van der Waals surface area contributed by atoms with Crippen LogP contribution in [0, 0.1) is 0 Å². The van der Waals surface area contributed by atoms with E-state index < -0.39 is 5.54 Å². The van der Waals surface area contributed by atoms with Crippen LogP contribution < -0.4 is 5.32 Å². The van der Waals surface area contributed by atoms with Crippen LogP contribution in [-0.4, -0.2) is 78.5 Å². The number of benzene rings is 1. The minimum atomic E-state index is -0.399. The average molecular weight is 330 g/mol. The Bertz CT molecular complexity index is 532. The highest BCUT2D eigenvalue weighted by Gasteiger charge is 2.38. The largest absolute Gasteiger partial charge is 0.339 e. The van der Waals surface area contributed by atoms with E-state index in [1.807, 2.05) is 0 Å². The fraction of sp³-hybridized carbons (Fsp3) is 0.632. The Morgan fingerprint density at radius 1 is 1.00 bits per heavy atom. The second kappa shape index (κ2) is 7.64. The van der Waals surface area contributed by atoms with Crippen molar-refractivity contribution in [1.82, 2.24) is 20.0 Å². The predicted octanol–water partition coefficient (Wildman–Crippen LogP) is 1.01. The first-order valence-electron chi connectivity index (χ1n) is 9.09. The third-order valence-corrected chi connectivity index (χ3v) is 5.34. The predicted molar refractivity (Wildman–Crippen MR) is 96.8 cm³/mol. The molecule has 1 N–H and O–H groups in total. The van der Waals surface area contributed by atoms with Crippen molar-refractivity contribution in [2.45, 2.75) is 25.9 Å². The van der Waals surface area contributed by atoms with Gasteiger partial charge in [0.25, 0.3) is 0 Å². The highest BCUT2D eigenvalue weighted by molar-refractivity contribution is 5.85. The molecule has 0 saturated carbocycles. The van der Waals surface area contributed by atoms with Gasteiger partial charge in [-0.15, -0.1) is 0 Å². The molecule has 0 bridgehead atoms. The molecule has 2 fully saturated rings. The Labute approximate surface area is 145 Å². The minimum absolute atomic E-state index is 0.281. The topological polar surface area (TPSA) is 38.8 Å². The van der Waals surface area contributed by atoms with Crippen molar-refractivity contribution >= 4 is 5.91 Å². The zero-order chi connectivity index (χ0) is 17.0. The van der Waals surface area contributed by atoms with Gasteiger partial charge in [0.15, 0.2) is 0 Å². The van der Waals surface area contributed by atoms with Crippen LogP contribution in [-0.2, 0) is 11.3 Å². The van der Waals surface area contributed by atoms with Crippen molar-refractivity contribution < 1.29 is 4.79 Å². The molecular weight excluding hydrogens is 300 g/mol. The normalized spacial score (nSPS) is 21.0. The number of carbonyl (C=O) groups excluding carboxylic acids is 1. The zero-order valence-electron chi connectivity index (χ0n) is 15.0. The van der Waals surface area contributed by atoms with Crippen molar-refractivity contribution in [2.75, 3.05) is 52.4 Å². The van der Waals surface area contributed by atoms with Crippen LogP contribution in [0.25, 0.3) is 0 Å². The summed E-state index contributed by atoms with van der Waals surface area (Å²) in [6, 6.07) is 10.6. The summed E-state index contributed by atoms with van der Waals surface area (Å²) in [6.45, 7) is 12.6. The molecule has 2 aliphatic rings. The summed E-state index contributed by atoms with van der Waals surface area (Å²) in [5, 5.41) is 3.36. The van der Waals surface area contributed by atoms with E-state index in [4.69, 9.17) is 0 Å². The molecule has 5 nitrogen and oxygen atoms in total. The van der Waals surface area contributed by atoms with Crippen LogP contribution in [0.1, 0.15) is 19.4 Å². The van der Waals surface area contributed by atoms with Gasteiger partial charge >= 0.3 is 0 Å². The van der Waals surface area contributed by atoms with Gasteiger partial charge in [0.2, 0.25) is 5.91 Å². The number of hydrogen-bond acceptors (Lipinski definition) is 4. The molecule has 5 heteroatoms. The van der Waals surface area contributed by atoms with E-state index in [0.29, 0.717) is 0 Å². The summed E-state index contributed by atoms with van der Waals surface area (Å²) in [4.78, 5) is 19.9. The molecule has 0 aliphatic carbocycles. The van der Waals surface area contributed by atoms with Crippen LogP contribution in [0.4, 0.5) is 0 Å². The van der Waals surface area contributed by atoms with Gasteiger partial charge in [0, 0.05) is 58.9 Å². The summed E-state index contributed by atoms with van der Waals surface area (Å²) in [6.07, 6.45) is 0. The van der Waals surface area contributed by atoms with E-state index in [0.717, 1.165) is 58.9 Å². The Kier molecular flexibility index (Phi) is 5.54. The maximum atomic E-state index is 13.0. The number of hydrogen-bond donors (Lipinski definition) is 1. The highest BCUT2D eigenvalue weighted by Crippen LogP contribution is 2.20. The lowest BCUT2D eigenvalue weighted by Crippen LogP contribution is -2.62. The second-order valence-corrected chi connectivity index (χ2v) is 7.35. The van der Waals surface area contributed by atoms with Crippen LogP contribution in [0.5, 0.6) is 0 Å². The van der Waals surface area contributed by atoms with E-state index in [1.54, 1.807) is 0 Å². The molecule has 0 aromatic heterocycles. The van der Waals surface area contributed by atoms with Crippen LogP contribution in [0.15, 0.2) is 30.3 Å².